The van der Waals surface area contributed by atoms with E-state index in [4.69, 9.17) is 10.5 Å². The van der Waals surface area contributed by atoms with E-state index >= 15 is 0 Å². The number of ketones is 1. The summed E-state index contributed by atoms with van der Waals surface area (Å²) in [6.45, 7) is 9.07. The average Bonchev–Trinajstić information content (AvgIpc) is 3.42. The first kappa shape index (κ1) is 33.2. The highest BCUT2D eigenvalue weighted by atomic mass is 16.5. The van der Waals surface area contributed by atoms with E-state index in [0.717, 1.165) is 12.0 Å². The Labute approximate surface area is 241 Å². The lowest BCUT2D eigenvalue weighted by Gasteiger charge is -2.35. The molecular formula is C29H43N5O7. The topological polar surface area (TPSA) is 177 Å². The third-order valence-corrected chi connectivity index (χ3v) is 7.07. The van der Waals surface area contributed by atoms with Crippen LogP contribution in [0.25, 0.3) is 0 Å². The highest BCUT2D eigenvalue weighted by molar-refractivity contribution is 6.37. The van der Waals surface area contributed by atoms with Gasteiger partial charge in [-0.2, -0.15) is 0 Å². The minimum absolute atomic E-state index is 0.0496. The molecule has 1 fully saturated rings. The molecule has 5 N–H and O–H groups in total. The van der Waals surface area contributed by atoms with Crippen LogP contribution in [-0.4, -0.2) is 71.6 Å². The maximum absolute atomic E-state index is 13.7. The number of amides is 5. The van der Waals surface area contributed by atoms with Gasteiger partial charge in [0, 0.05) is 6.54 Å². The number of primary amides is 1. The number of benzene rings is 1. The van der Waals surface area contributed by atoms with E-state index in [2.05, 4.69) is 16.0 Å². The molecule has 1 aliphatic heterocycles. The zero-order chi connectivity index (χ0) is 30.7. The summed E-state index contributed by atoms with van der Waals surface area (Å²) in [5, 5.41) is 7.68. The fourth-order valence-electron chi connectivity index (χ4n) is 4.48. The zero-order valence-electron chi connectivity index (χ0n) is 24.5. The number of carbonyl (C=O) groups excluding carboxylic acids is 6. The van der Waals surface area contributed by atoms with Gasteiger partial charge in [0.05, 0.1) is 6.04 Å². The van der Waals surface area contributed by atoms with Crippen molar-refractivity contribution in [1.29, 1.82) is 0 Å². The molecule has 1 aromatic rings. The minimum Gasteiger partial charge on any atom is -0.460 e. The molecule has 2 rings (SSSR count). The predicted molar refractivity (Wildman–Crippen MR) is 151 cm³/mol. The summed E-state index contributed by atoms with van der Waals surface area (Å²) < 4.78 is 5.16. The molecule has 1 aliphatic rings. The molecule has 12 heteroatoms. The van der Waals surface area contributed by atoms with Crippen molar-refractivity contribution in [2.75, 3.05) is 13.1 Å². The number of nitrogens with one attached hydrogen (secondary N) is 3. The first-order valence-electron chi connectivity index (χ1n) is 13.9. The molecular weight excluding hydrogens is 530 g/mol. The molecule has 4 unspecified atom stereocenters. The van der Waals surface area contributed by atoms with Gasteiger partial charge in [-0.3, -0.25) is 24.0 Å². The molecule has 226 valence electrons. The van der Waals surface area contributed by atoms with Crippen LogP contribution in [0.1, 0.15) is 65.9 Å². The van der Waals surface area contributed by atoms with Gasteiger partial charge < -0.3 is 31.3 Å². The normalized spacial score (nSPS) is 17.1. The molecule has 0 radical (unpaired) electrons. The number of rotatable bonds is 13. The Balaban J connectivity index is 2.04. The van der Waals surface area contributed by atoms with Gasteiger partial charge in [0.25, 0.3) is 5.91 Å². The van der Waals surface area contributed by atoms with E-state index in [1.165, 1.54) is 4.90 Å². The SMILES string of the molecule is CCC(C)CC(NC(=O)C1CCCN1C(=O)C(NC(=O)NCC(=O)OCc1ccccc1)C(C)(C)C)C(=O)C(N)=O. The van der Waals surface area contributed by atoms with Gasteiger partial charge in [-0.15, -0.1) is 0 Å². The summed E-state index contributed by atoms with van der Waals surface area (Å²) in [5.41, 5.74) is 5.26. The second-order valence-electron chi connectivity index (χ2n) is 11.5. The third kappa shape index (κ3) is 10.2. The van der Waals surface area contributed by atoms with Crippen molar-refractivity contribution in [1.82, 2.24) is 20.9 Å². The Morgan fingerprint density at radius 3 is 2.32 bits per heavy atom. The maximum atomic E-state index is 13.7. The molecule has 0 aromatic heterocycles. The predicted octanol–water partition coefficient (Wildman–Crippen LogP) is 1.41. The second-order valence-corrected chi connectivity index (χ2v) is 11.5. The summed E-state index contributed by atoms with van der Waals surface area (Å²) in [6.07, 6.45) is 1.87. The van der Waals surface area contributed by atoms with E-state index in [1.807, 2.05) is 32.0 Å². The van der Waals surface area contributed by atoms with E-state index < -0.39 is 65.6 Å². The highest BCUT2D eigenvalue weighted by Crippen LogP contribution is 2.26. The summed E-state index contributed by atoms with van der Waals surface area (Å²) in [6, 6.07) is 5.35. The Hall–Kier alpha value is -3.96. The summed E-state index contributed by atoms with van der Waals surface area (Å²) >= 11 is 0. The highest BCUT2D eigenvalue weighted by Gasteiger charge is 2.42. The monoisotopic (exact) mass is 573 g/mol. The molecule has 1 saturated heterocycles. The van der Waals surface area contributed by atoms with Gasteiger partial charge in [-0.05, 0) is 36.2 Å². The Morgan fingerprint density at radius 1 is 1.07 bits per heavy atom. The van der Waals surface area contributed by atoms with Crippen molar-refractivity contribution in [3.05, 3.63) is 35.9 Å². The number of urea groups is 1. The molecule has 0 aliphatic carbocycles. The zero-order valence-corrected chi connectivity index (χ0v) is 24.5. The van der Waals surface area contributed by atoms with Crippen LogP contribution in [0.5, 0.6) is 0 Å². The number of hydrogen-bond donors (Lipinski definition) is 4. The van der Waals surface area contributed by atoms with Crippen molar-refractivity contribution >= 4 is 35.5 Å². The smallest absolute Gasteiger partial charge is 0.325 e. The van der Waals surface area contributed by atoms with Crippen LogP contribution in [-0.2, 0) is 35.3 Å². The van der Waals surface area contributed by atoms with Gasteiger partial charge in [-0.1, -0.05) is 71.4 Å². The molecule has 4 atom stereocenters. The largest absolute Gasteiger partial charge is 0.460 e. The van der Waals surface area contributed by atoms with Crippen molar-refractivity contribution in [2.45, 2.75) is 85.0 Å². The van der Waals surface area contributed by atoms with Crippen molar-refractivity contribution in [3.63, 3.8) is 0 Å². The number of nitrogens with zero attached hydrogens (tertiary/aromatic N) is 1. The van der Waals surface area contributed by atoms with Crippen molar-refractivity contribution < 1.29 is 33.5 Å². The average molecular weight is 574 g/mol. The lowest BCUT2D eigenvalue weighted by atomic mass is 9.85. The fraction of sp³-hybridized carbons (Fsp3) is 0.586. The van der Waals surface area contributed by atoms with Crippen LogP contribution in [0.15, 0.2) is 30.3 Å². The van der Waals surface area contributed by atoms with E-state index in [-0.39, 0.29) is 25.5 Å². The van der Waals surface area contributed by atoms with E-state index in [1.54, 1.807) is 32.9 Å². The first-order chi connectivity index (χ1) is 19.2. The number of ether oxygens (including phenoxy) is 1. The van der Waals surface area contributed by atoms with Crippen LogP contribution in [0, 0.1) is 11.3 Å². The van der Waals surface area contributed by atoms with E-state index in [0.29, 0.717) is 12.8 Å². The van der Waals surface area contributed by atoms with Crippen LogP contribution < -0.4 is 21.7 Å². The number of esters is 1. The van der Waals surface area contributed by atoms with Gasteiger partial charge in [-0.25, -0.2) is 4.79 Å². The maximum Gasteiger partial charge on any atom is 0.325 e. The quantitative estimate of drug-likeness (QED) is 0.204. The van der Waals surface area contributed by atoms with Gasteiger partial charge in [0.15, 0.2) is 0 Å². The van der Waals surface area contributed by atoms with Gasteiger partial charge >= 0.3 is 12.0 Å². The molecule has 12 nitrogen and oxygen atoms in total. The summed E-state index contributed by atoms with van der Waals surface area (Å²) in [7, 11) is 0. The number of carbonyl (C=O) groups is 6. The van der Waals surface area contributed by atoms with Crippen LogP contribution in [0.4, 0.5) is 4.79 Å². The van der Waals surface area contributed by atoms with Crippen LogP contribution in [0.3, 0.4) is 0 Å². The second kappa shape index (κ2) is 15.2. The Bertz CT molecular complexity index is 1100. The van der Waals surface area contributed by atoms with E-state index in [9.17, 15) is 28.8 Å². The van der Waals surface area contributed by atoms with Crippen LogP contribution >= 0.6 is 0 Å². The Morgan fingerprint density at radius 2 is 1.73 bits per heavy atom. The van der Waals surface area contributed by atoms with Gasteiger partial charge in [0.2, 0.25) is 17.6 Å². The molecule has 0 spiro atoms. The molecule has 0 bridgehead atoms. The summed E-state index contributed by atoms with van der Waals surface area (Å²) in [5.74, 6) is -3.65. The standard InChI is InChI=1S/C29H43N5O7/c1-6-18(2)15-20(23(36)25(30)37)32-26(38)21-13-10-14-34(21)27(39)24(29(3,4)5)33-28(40)31-16-22(35)41-17-19-11-8-7-9-12-19/h7-9,11-12,18,20-21,24H,6,10,13-17H2,1-5H3,(H2,30,37)(H,32,38)(H2,31,33,40). The van der Waals surface area contributed by atoms with Crippen molar-refractivity contribution in [3.8, 4) is 0 Å². The third-order valence-electron chi connectivity index (χ3n) is 7.07. The number of Topliss-reactive ketones (excluding diaryl/α,β-unsaturated/α-hetero) is 1. The molecule has 1 heterocycles. The Kier molecular flexibility index (Phi) is 12.3. The number of nitrogens with two attached hydrogens (primary N) is 1. The summed E-state index contributed by atoms with van der Waals surface area (Å²) in [4.78, 5) is 77.0. The lowest BCUT2D eigenvalue weighted by Crippen LogP contribution is -2.60. The van der Waals surface area contributed by atoms with Gasteiger partial charge in [0.1, 0.15) is 25.2 Å². The number of hydrogen-bond acceptors (Lipinski definition) is 7. The molecule has 41 heavy (non-hydrogen) atoms. The van der Waals surface area contributed by atoms with Crippen molar-refractivity contribution in [2.24, 2.45) is 17.1 Å². The molecule has 0 saturated carbocycles. The fourth-order valence-corrected chi connectivity index (χ4v) is 4.48. The molecule has 5 amide bonds. The lowest BCUT2D eigenvalue weighted by molar-refractivity contribution is -0.143. The minimum atomic E-state index is -1.13. The number of likely N-dealkylation sites (tertiary alicyclic amines) is 1. The first-order valence-corrected chi connectivity index (χ1v) is 13.9. The molecule has 1 aromatic carbocycles. The van der Waals surface area contributed by atoms with Crippen LogP contribution in [0.2, 0.25) is 0 Å².